The van der Waals surface area contributed by atoms with Crippen LogP contribution >= 0.6 is 0 Å². The van der Waals surface area contributed by atoms with Crippen LogP contribution in [0.4, 0.5) is 0 Å². The maximum Gasteiger partial charge on any atom is 0.256 e. The van der Waals surface area contributed by atoms with Crippen LogP contribution in [0.15, 0.2) is 10.7 Å². The van der Waals surface area contributed by atoms with Crippen molar-refractivity contribution in [2.45, 2.75) is 26.8 Å². The van der Waals surface area contributed by atoms with Crippen LogP contribution in [0.3, 0.4) is 0 Å². The second-order valence-electron chi connectivity index (χ2n) is 3.66. The minimum atomic E-state index is -0.140. The minimum absolute atomic E-state index is 0.140. The van der Waals surface area contributed by atoms with E-state index in [0.717, 1.165) is 6.54 Å². The van der Waals surface area contributed by atoms with E-state index < -0.39 is 0 Å². The molecule has 1 rings (SSSR count). The molecule has 2 N–H and O–H groups in total. The highest BCUT2D eigenvalue weighted by Crippen LogP contribution is 2.04. The van der Waals surface area contributed by atoms with Gasteiger partial charge in [-0.25, -0.2) is 0 Å². The van der Waals surface area contributed by atoms with E-state index in [1.807, 2.05) is 0 Å². The summed E-state index contributed by atoms with van der Waals surface area (Å²) in [5.74, 6) is 0.406. The van der Waals surface area contributed by atoms with Gasteiger partial charge < -0.3 is 15.2 Å². The average molecular weight is 211 g/mol. The Kier molecular flexibility index (Phi) is 4.30. The summed E-state index contributed by atoms with van der Waals surface area (Å²) in [6.45, 7) is 7.20. The Balaban J connectivity index is 2.28. The molecule has 5 heteroatoms. The Morgan fingerprint density at radius 2 is 2.27 bits per heavy atom. The van der Waals surface area contributed by atoms with Crippen molar-refractivity contribution >= 4 is 5.91 Å². The van der Waals surface area contributed by atoms with Crippen molar-refractivity contribution in [1.82, 2.24) is 15.8 Å². The zero-order valence-electron chi connectivity index (χ0n) is 9.33. The van der Waals surface area contributed by atoms with Crippen molar-refractivity contribution in [2.75, 3.05) is 13.1 Å². The standard InChI is InChI=1S/C10H17N3O2/c1-7(2)11-4-5-12-10(14)9-6-13-15-8(9)3/h6-7,11H,4-5H2,1-3H3,(H,12,14). The predicted octanol–water partition coefficient (Wildman–Crippen LogP) is 0.711. The van der Waals surface area contributed by atoms with E-state index in [1.165, 1.54) is 6.20 Å². The normalized spacial score (nSPS) is 10.7. The van der Waals surface area contributed by atoms with E-state index >= 15 is 0 Å². The summed E-state index contributed by atoms with van der Waals surface area (Å²) >= 11 is 0. The zero-order chi connectivity index (χ0) is 11.3. The van der Waals surface area contributed by atoms with Crippen LogP contribution in [0.1, 0.15) is 30.0 Å². The molecule has 0 unspecified atom stereocenters. The minimum Gasteiger partial charge on any atom is -0.361 e. The first kappa shape index (κ1) is 11.7. The summed E-state index contributed by atoms with van der Waals surface area (Å²) in [6.07, 6.45) is 1.43. The van der Waals surface area contributed by atoms with E-state index in [-0.39, 0.29) is 5.91 Å². The molecule has 0 aliphatic heterocycles. The number of nitrogens with zero attached hydrogens (tertiary/aromatic N) is 1. The van der Waals surface area contributed by atoms with Crippen LogP contribution < -0.4 is 10.6 Å². The summed E-state index contributed by atoms with van der Waals surface area (Å²) in [4.78, 5) is 11.5. The molecule has 0 saturated carbocycles. The second-order valence-corrected chi connectivity index (χ2v) is 3.66. The average Bonchev–Trinajstić information content (AvgIpc) is 2.58. The Morgan fingerprint density at radius 1 is 1.53 bits per heavy atom. The molecule has 0 atom stereocenters. The molecule has 0 spiro atoms. The van der Waals surface area contributed by atoms with Crippen molar-refractivity contribution in [3.63, 3.8) is 0 Å². The predicted molar refractivity (Wildman–Crippen MR) is 56.7 cm³/mol. The van der Waals surface area contributed by atoms with Gasteiger partial charge >= 0.3 is 0 Å². The van der Waals surface area contributed by atoms with Gasteiger partial charge in [0.15, 0.2) is 0 Å². The van der Waals surface area contributed by atoms with Crippen LogP contribution in [-0.4, -0.2) is 30.2 Å². The highest BCUT2D eigenvalue weighted by atomic mass is 16.5. The van der Waals surface area contributed by atoms with E-state index in [2.05, 4.69) is 29.6 Å². The maximum absolute atomic E-state index is 11.5. The Bertz CT molecular complexity index is 320. The molecular weight excluding hydrogens is 194 g/mol. The van der Waals surface area contributed by atoms with Crippen LogP contribution in [0.5, 0.6) is 0 Å². The number of amides is 1. The monoisotopic (exact) mass is 211 g/mol. The number of carbonyl (C=O) groups is 1. The molecule has 0 aliphatic carbocycles. The summed E-state index contributed by atoms with van der Waals surface area (Å²) < 4.78 is 4.80. The molecule has 0 aromatic carbocycles. The molecule has 0 saturated heterocycles. The molecule has 15 heavy (non-hydrogen) atoms. The van der Waals surface area contributed by atoms with Gasteiger partial charge in [0, 0.05) is 19.1 Å². The number of rotatable bonds is 5. The van der Waals surface area contributed by atoms with Gasteiger partial charge in [-0.1, -0.05) is 19.0 Å². The van der Waals surface area contributed by atoms with Gasteiger partial charge in [-0.15, -0.1) is 0 Å². The number of aromatic nitrogens is 1. The van der Waals surface area contributed by atoms with E-state index in [9.17, 15) is 4.79 Å². The number of hydrogen-bond donors (Lipinski definition) is 2. The lowest BCUT2D eigenvalue weighted by Crippen LogP contribution is -2.34. The molecule has 1 heterocycles. The molecule has 0 bridgehead atoms. The van der Waals surface area contributed by atoms with Crippen LogP contribution in [0.25, 0.3) is 0 Å². The number of carbonyl (C=O) groups excluding carboxylic acids is 1. The Morgan fingerprint density at radius 3 is 2.80 bits per heavy atom. The molecule has 5 nitrogen and oxygen atoms in total. The third kappa shape index (κ3) is 3.71. The number of nitrogens with one attached hydrogen (secondary N) is 2. The van der Waals surface area contributed by atoms with Gasteiger partial charge in [0.25, 0.3) is 5.91 Å². The molecule has 1 amide bonds. The summed E-state index contributed by atoms with van der Waals surface area (Å²) in [6, 6.07) is 0.430. The van der Waals surface area contributed by atoms with Crippen LogP contribution in [0.2, 0.25) is 0 Å². The van der Waals surface area contributed by atoms with Crippen molar-refractivity contribution in [3.05, 3.63) is 17.5 Å². The first-order valence-corrected chi connectivity index (χ1v) is 5.04. The second kappa shape index (κ2) is 5.50. The topological polar surface area (TPSA) is 67.2 Å². The molecule has 0 fully saturated rings. The van der Waals surface area contributed by atoms with E-state index in [4.69, 9.17) is 4.52 Å². The van der Waals surface area contributed by atoms with Gasteiger partial charge in [-0.05, 0) is 6.92 Å². The third-order valence-electron chi connectivity index (χ3n) is 1.96. The molecule has 0 aliphatic rings. The summed E-state index contributed by atoms with van der Waals surface area (Å²) in [5.41, 5.74) is 0.500. The van der Waals surface area contributed by atoms with E-state index in [1.54, 1.807) is 6.92 Å². The van der Waals surface area contributed by atoms with Crippen LogP contribution in [0, 0.1) is 6.92 Å². The fourth-order valence-electron chi connectivity index (χ4n) is 1.15. The van der Waals surface area contributed by atoms with Gasteiger partial charge in [0.2, 0.25) is 0 Å². The maximum atomic E-state index is 11.5. The summed E-state index contributed by atoms with van der Waals surface area (Å²) in [5, 5.41) is 9.53. The largest absolute Gasteiger partial charge is 0.361 e. The Labute approximate surface area is 89.2 Å². The van der Waals surface area contributed by atoms with Gasteiger partial charge in [0.05, 0.1) is 6.20 Å². The first-order valence-electron chi connectivity index (χ1n) is 5.04. The van der Waals surface area contributed by atoms with Crippen molar-refractivity contribution < 1.29 is 9.32 Å². The fourth-order valence-corrected chi connectivity index (χ4v) is 1.15. The van der Waals surface area contributed by atoms with Crippen molar-refractivity contribution in [2.24, 2.45) is 0 Å². The highest BCUT2D eigenvalue weighted by Gasteiger charge is 2.11. The lowest BCUT2D eigenvalue weighted by atomic mass is 10.2. The smallest absolute Gasteiger partial charge is 0.256 e. The first-order chi connectivity index (χ1) is 7.11. The highest BCUT2D eigenvalue weighted by molar-refractivity contribution is 5.94. The zero-order valence-corrected chi connectivity index (χ0v) is 9.33. The number of aryl methyl sites for hydroxylation is 1. The molecular formula is C10H17N3O2. The van der Waals surface area contributed by atoms with Crippen molar-refractivity contribution in [1.29, 1.82) is 0 Å². The molecule has 0 radical (unpaired) electrons. The molecule has 1 aromatic rings. The molecule has 84 valence electrons. The fraction of sp³-hybridized carbons (Fsp3) is 0.600. The SMILES string of the molecule is Cc1oncc1C(=O)NCCNC(C)C. The van der Waals surface area contributed by atoms with Gasteiger partial charge in [-0.3, -0.25) is 4.79 Å². The van der Waals surface area contributed by atoms with E-state index in [0.29, 0.717) is 23.9 Å². The Hall–Kier alpha value is -1.36. The van der Waals surface area contributed by atoms with Gasteiger partial charge in [0.1, 0.15) is 11.3 Å². The lowest BCUT2D eigenvalue weighted by molar-refractivity contribution is 0.0952. The molecule has 1 aromatic heterocycles. The number of hydrogen-bond acceptors (Lipinski definition) is 4. The van der Waals surface area contributed by atoms with Crippen LogP contribution in [-0.2, 0) is 0 Å². The van der Waals surface area contributed by atoms with Crippen molar-refractivity contribution in [3.8, 4) is 0 Å². The van der Waals surface area contributed by atoms with Gasteiger partial charge in [-0.2, -0.15) is 0 Å². The summed E-state index contributed by atoms with van der Waals surface area (Å²) in [7, 11) is 0. The quantitative estimate of drug-likeness (QED) is 0.704. The lowest BCUT2D eigenvalue weighted by Gasteiger charge is -2.08. The third-order valence-corrected chi connectivity index (χ3v) is 1.96.